The molecule has 0 amide bonds. The van der Waals surface area contributed by atoms with Crippen molar-refractivity contribution in [1.29, 1.82) is 0 Å². The van der Waals surface area contributed by atoms with Crippen LogP contribution in [0.5, 0.6) is 0 Å². The Kier molecular flexibility index (Phi) is 4.69. The molecule has 3 aliphatic carbocycles. The van der Waals surface area contributed by atoms with Crippen LogP contribution in [-0.2, 0) is 0 Å². The van der Waals surface area contributed by atoms with E-state index in [2.05, 4.69) is 58.5 Å². The van der Waals surface area contributed by atoms with Crippen molar-refractivity contribution in [1.82, 2.24) is 9.97 Å². The molecule has 4 nitrogen and oxygen atoms in total. The fourth-order valence-corrected chi connectivity index (χ4v) is 5.20. The first kappa shape index (κ1) is 18.8. The molecule has 0 aliphatic heterocycles. The van der Waals surface area contributed by atoms with Crippen molar-refractivity contribution in [2.75, 3.05) is 0 Å². The third-order valence-corrected chi connectivity index (χ3v) is 6.50. The summed E-state index contributed by atoms with van der Waals surface area (Å²) < 4.78 is 0. The van der Waals surface area contributed by atoms with Gasteiger partial charge in [0.2, 0.25) is 0 Å². The molecule has 0 unspecified atom stereocenters. The minimum atomic E-state index is -0.00762. The zero-order valence-corrected chi connectivity index (χ0v) is 17.5. The molecule has 3 aliphatic rings. The maximum atomic E-state index is 5.11. The smallest absolute Gasteiger partial charge is 0.0842 e. The largest absolute Gasteiger partial charge is 0.284 e. The average molecular weight is 415 g/mol. The highest BCUT2D eigenvalue weighted by molar-refractivity contribution is 5.79. The standard InChI is InChI=1S/C28H22N4/c1-2-12-22-21(11-1)25-23-13-3-4-14-24(23)26(22)28(32-18-20-10-6-8-16-30-20)27(25)31-17-19-9-5-7-15-29-19/h1-18,25-28H/t25?,26?,27-,28-/m1/s1. The van der Waals surface area contributed by atoms with Crippen molar-refractivity contribution < 1.29 is 0 Å². The summed E-state index contributed by atoms with van der Waals surface area (Å²) in [5.41, 5.74) is 7.19. The molecule has 0 fully saturated rings. The fraction of sp³-hybridized carbons (Fsp3) is 0.143. The van der Waals surface area contributed by atoms with E-state index in [4.69, 9.17) is 9.98 Å². The van der Waals surface area contributed by atoms with Gasteiger partial charge in [-0.1, -0.05) is 60.7 Å². The van der Waals surface area contributed by atoms with E-state index in [0.717, 1.165) is 11.4 Å². The molecule has 0 N–H and O–H groups in total. The molecule has 4 aromatic rings. The van der Waals surface area contributed by atoms with Gasteiger partial charge >= 0.3 is 0 Å². The van der Waals surface area contributed by atoms with Crippen LogP contribution in [0.4, 0.5) is 0 Å². The van der Waals surface area contributed by atoms with Crippen molar-refractivity contribution >= 4 is 12.4 Å². The van der Waals surface area contributed by atoms with E-state index in [1.165, 1.54) is 22.3 Å². The predicted octanol–water partition coefficient (Wildman–Crippen LogP) is 5.04. The molecule has 0 saturated heterocycles. The maximum Gasteiger partial charge on any atom is 0.0842 e. The highest BCUT2D eigenvalue weighted by Gasteiger charge is 2.49. The molecule has 2 aromatic heterocycles. The summed E-state index contributed by atoms with van der Waals surface area (Å²) in [5, 5.41) is 0. The Balaban J connectivity index is 1.50. The van der Waals surface area contributed by atoms with Crippen LogP contribution in [0.1, 0.15) is 45.5 Å². The number of aliphatic imine (C=N–C) groups is 2. The Hall–Kier alpha value is -3.92. The van der Waals surface area contributed by atoms with Crippen molar-refractivity contribution in [2.24, 2.45) is 9.98 Å². The Labute approximate surface area is 187 Å². The quantitative estimate of drug-likeness (QED) is 0.439. The second kappa shape index (κ2) is 7.97. The summed E-state index contributed by atoms with van der Waals surface area (Å²) in [6.45, 7) is 0. The molecule has 154 valence electrons. The van der Waals surface area contributed by atoms with Crippen molar-refractivity contribution in [2.45, 2.75) is 23.9 Å². The lowest BCUT2D eigenvalue weighted by Crippen LogP contribution is -2.45. The van der Waals surface area contributed by atoms with Gasteiger partial charge < -0.3 is 0 Å². The molecular formula is C28H22N4. The van der Waals surface area contributed by atoms with Gasteiger partial charge in [0, 0.05) is 36.7 Å². The van der Waals surface area contributed by atoms with E-state index in [9.17, 15) is 0 Å². The van der Waals surface area contributed by atoms with Crippen LogP contribution in [0.25, 0.3) is 0 Å². The van der Waals surface area contributed by atoms with Gasteiger partial charge in [0.05, 0.1) is 23.5 Å². The maximum absolute atomic E-state index is 5.11. The minimum Gasteiger partial charge on any atom is -0.284 e. The van der Waals surface area contributed by atoms with Gasteiger partial charge in [-0.3, -0.25) is 20.0 Å². The second-order valence-corrected chi connectivity index (χ2v) is 8.26. The van der Waals surface area contributed by atoms with Gasteiger partial charge in [0.25, 0.3) is 0 Å². The number of pyridine rings is 2. The highest BCUT2D eigenvalue weighted by Crippen LogP contribution is 2.54. The van der Waals surface area contributed by atoms with Crippen LogP contribution in [0, 0.1) is 0 Å². The Morgan fingerprint density at radius 1 is 0.500 bits per heavy atom. The molecule has 7 rings (SSSR count). The molecule has 2 bridgehead atoms. The number of hydrogen-bond acceptors (Lipinski definition) is 4. The van der Waals surface area contributed by atoms with Crippen molar-refractivity contribution in [3.05, 3.63) is 131 Å². The molecule has 2 atom stereocenters. The number of fused-ring (bicyclic) bond motifs is 1. The minimum absolute atomic E-state index is 0.00762. The molecular weight excluding hydrogens is 392 g/mol. The fourth-order valence-electron chi connectivity index (χ4n) is 5.20. The van der Waals surface area contributed by atoms with Gasteiger partial charge in [0.1, 0.15) is 0 Å². The lowest BCUT2D eigenvalue weighted by Gasteiger charge is -2.47. The van der Waals surface area contributed by atoms with E-state index in [1.54, 1.807) is 12.4 Å². The summed E-state index contributed by atoms with van der Waals surface area (Å²) in [5.74, 6) is 0.330. The number of hydrogen-bond donors (Lipinski definition) is 0. The molecule has 2 aromatic carbocycles. The molecule has 0 saturated carbocycles. The predicted molar refractivity (Wildman–Crippen MR) is 128 cm³/mol. The summed E-state index contributed by atoms with van der Waals surface area (Å²) in [6.07, 6.45) is 7.41. The molecule has 0 radical (unpaired) electrons. The van der Waals surface area contributed by atoms with Gasteiger partial charge in [-0.2, -0.15) is 0 Å². The van der Waals surface area contributed by atoms with Gasteiger partial charge in [-0.05, 0) is 46.5 Å². The molecule has 2 heterocycles. The van der Waals surface area contributed by atoms with Crippen LogP contribution >= 0.6 is 0 Å². The van der Waals surface area contributed by atoms with Crippen LogP contribution < -0.4 is 0 Å². The molecule has 0 spiro atoms. The van der Waals surface area contributed by atoms with E-state index in [1.807, 2.05) is 48.8 Å². The summed E-state index contributed by atoms with van der Waals surface area (Å²) in [4.78, 5) is 19.1. The van der Waals surface area contributed by atoms with Crippen LogP contribution in [0.3, 0.4) is 0 Å². The van der Waals surface area contributed by atoms with Crippen LogP contribution in [0.15, 0.2) is 107 Å². The van der Waals surface area contributed by atoms with Crippen LogP contribution in [-0.4, -0.2) is 34.5 Å². The van der Waals surface area contributed by atoms with E-state index in [-0.39, 0.29) is 23.9 Å². The van der Waals surface area contributed by atoms with Gasteiger partial charge in [0.15, 0.2) is 0 Å². The molecule has 4 heteroatoms. The molecule has 32 heavy (non-hydrogen) atoms. The lowest BCUT2D eigenvalue weighted by atomic mass is 9.59. The van der Waals surface area contributed by atoms with Crippen molar-refractivity contribution in [3.63, 3.8) is 0 Å². The monoisotopic (exact) mass is 414 g/mol. The first-order valence-corrected chi connectivity index (χ1v) is 11.0. The van der Waals surface area contributed by atoms with Crippen LogP contribution in [0.2, 0.25) is 0 Å². The SMILES string of the molecule is C(=N[C@@H]1C2c3ccccc3C(c3ccccc32)[C@H]1N=Cc1ccccn1)c1ccccn1. The topological polar surface area (TPSA) is 50.5 Å². The van der Waals surface area contributed by atoms with Gasteiger partial charge in [-0.15, -0.1) is 0 Å². The summed E-state index contributed by atoms with van der Waals surface area (Å²) in [6, 6.07) is 29.3. The second-order valence-electron chi connectivity index (χ2n) is 8.26. The third-order valence-electron chi connectivity index (χ3n) is 6.50. The summed E-state index contributed by atoms with van der Waals surface area (Å²) in [7, 11) is 0. The van der Waals surface area contributed by atoms with Crippen molar-refractivity contribution in [3.8, 4) is 0 Å². The Morgan fingerprint density at radius 3 is 1.22 bits per heavy atom. The van der Waals surface area contributed by atoms with E-state index >= 15 is 0 Å². The number of aromatic nitrogens is 2. The first-order valence-electron chi connectivity index (χ1n) is 11.0. The Bertz CT molecular complexity index is 1150. The third kappa shape index (κ3) is 3.16. The highest BCUT2D eigenvalue weighted by atomic mass is 15.0. The first-order chi connectivity index (χ1) is 15.9. The summed E-state index contributed by atoms with van der Waals surface area (Å²) >= 11 is 0. The van der Waals surface area contributed by atoms with E-state index < -0.39 is 0 Å². The zero-order chi connectivity index (χ0) is 21.3. The zero-order valence-electron chi connectivity index (χ0n) is 17.5. The normalized spacial score (nSPS) is 23.4. The Morgan fingerprint density at radius 2 is 0.875 bits per heavy atom. The van der Waals surface area contributed by atoms with E-state index in [0.29, 0.717) is 0 Å². The lowest BCUT2D eigenvalue weighted by molar-refractivity contribution is 0.391. The average Bonchev–Trinajstić information content (AvgIpc) is 2.87. The number of benzene rings is 2. The number of rotatable bonds is 4. The van der Waals surface area contributed by atoms with Gasteiger partial charge in [-0.25, -0.2) is 0 Å². The number of nitrogens with zero attached hydrogens (tertiary/aromatic N) is 4.